The van der Waals surface area contributed by atoms with Gasteiger partial charge in [0.05, 0.1) is 5.56 Å². The van der Waals surface area contributed by atoms with Crippen molar-refractivity contribution in [2.24, 2.45) is 0 Å². The summed E-state index contributed by atoms with van der Waals surface area (Å²) in [6.45, 7) is 0.915. The predicted molar refractivity (Wildman–Crippen MR) is 78.3 cm³/mol. The van der Waals surface area contributed by atoms with Crippen LogP contribution in [0, 0.1) is 0 Å². The first-order valence-corrected chi connectivity index (χ1v) is 6.62. The molecule has 0 fully saturated rings. The molecule has 1 N–H and O–H groups in total. The van der Waals surface area contributed by atoms with Crippen molar-refractivity contribution in [2.75, 3.05) is 25.2 Å². The van der Waals surface area contributed by atoms with E-state index in [0.717, 1.165) is 0 Å². The summed E-state index contributed by atoms with van der Waals surface area (Å²) in [4.78, 5) is 14.1. The van der Waals surface area contributed by atoms with E-state index in [1.807, 2.05) is 0 Å². The van der Waals surface area contributed by atoms with E-state index in [2.05, 4.69) is 0 Å². The zero-order valence-corrected chi connectivity index (χ0v) is 11.6. The monoisotopic (exact) mass is 285 g/mol. The Kier molecular flexibility index (Phi) is 3.39. The summed E-state index contributed by atoms with van der Waals surface area (Å²) in [6, 6.07) is 11.7. The van der Waals surface area contributed by atoms with Gasteiger partial charge in [-0.2, -0.15) is 0 Å². The fourth-order valence-corrected chi connectivity index (χ4v) is 2.22. The van der Waals surface area contributed by atoms with Crippen LogP contribution in [-0.4, -0.2) is 31.3 Å². The Hall–Kier alpha value is -2.69. The molecule has 5 heteroatoms. The van der Waals surface area contributed by atoms with Gasteiger partial charge in [-0.3, -0.25) is 4.79 Å². The van der Waals surface area contributed by atoms with Gasteiger partial charge in [0, 0.05) is 12.7 Å². The molecule has 0 saturated heterocycles. The molecule has 1 aliphatic rings. The van der Waals surface area contributed by atoms with E-state index in [-0.39, 0.29) is 11.7 Å². The maximum Gasteiger partial charge on any atom is 0.261 e. The Morgan fingerprint density at radius 1 is 1.10 bits per heavy atom. The maximum absolute atomic E-state index is 12.6. The van der Waals surface area contributed by atoms with E-state index in [0.29, 0.717) is 36.0 Å². The Bertz CT molecular complexity index is 666. The number of aromatic hydroxyl groups is 1. The molecule has 1 heterocycles. The van der Waals surface area contributed by atoms with Crippen molar-refractivity contribution < 1.29 is 19.4 Å². The topological polar surface area (TPSA) is 59.0 Å². The molecule has 0 unspecified atom stereocenters. The van der Waals surface area contributed by atoms with Gasteiger partial charge >= 0.3 is 0 Å². The predicted octanol–water partition coefficient (Wildman–Crippen LogP) is 2.44. The number of phenolic OH excluding ortho intramolecular Hbond substituents is 1. The van der Waals surface area contributed by atoms with Crippen LogP contribution in [0.25, 0.3) is 0 Å². The molecule has 3 rings (SSSR count). The lowest BCUT2D eigenvalue weighted by Crippen LogP contribution is -2.28. The molecule has 21 heavy (non-hydrogen) atoms. The number of amides is 1. The normalized spacial score (nSPS) is 12.8. The van der Waals surface area contributed by atoms with Gasteiger partial charge in [0.15, 0.2) is 11.5 Å². The first-order chi connectivity index (χ1) is 10.2. The Morgan fingerprint density at radius 3 is 2.57 bits per heavy atom. The third kappa shape index (κ3) is 2.50. The van der Waals surface area contributed by atoms with Crippen molar-refractivity contribution in [1.29, 1.82) is 0 Å². The number of benzene rings is 2. The third-order valence-electron chi connectivity index (χ3n) is 3.34. The number of nitrogens with zero attached hydrogens (tertiary/aromatic N) is 1. The van der Waals surface area contributed by atoms with Crippen LogP contribution in [0.5, 0.6) is 17.2 Å². The minimum atomic E-state index is -0.192. The van der Waals surface area contributed by atoms with Gasteiger partial charge in [-0.15, -0.1) is 0 Å². The SMILES string of the molecule is CN(C(=O)c1cccc2c1OCCO2)c1ccc(O)cc1. The van der Waals surface area contributed by atoms with E-state index in [1.165, 1.54) is 4.90 Å². The van der Waals surface area contributed by atoms with Crippen molar-refractivity contribution in [2.45, 2.75) is 0 Å². The highest BCUT2D eigenvalue weighted by molar-refractivity contribution is 6.08. The molecule has 0 spiro atoms. The molecule has 2 aromatic carbocycles. The number of hydrogen-bond donors (Lipinski definition) is 1. The Labute approximate surface area is 122 Å². The lowest BCUT2D eigenvalue weighted by atomic mass is 10.1. The summed E-state index contributed by atoms with van der Waals surface area (Å²) in [5, 5.41) is 9.31. The van der Waals surface area contributed by atoms with E-state index >= 15 is 0 Å². The summed E-state index contributed by atoms with van der Waals surface area (Å²) in [7, 11) is 1.68. The van der Waals surface area contributed by atoms with Gasteiger partial charge in [-0.05, 0) is 36.4 Å². The number of hydrogen-bond acceptors (Lipinski definition) is 4. The van der Waals surface area contributed by atoms with E-state index in [1.54, 1.807) is 49.5 Å². The van der Waals surface area contributed by atoms with Crippen LogP contribution in [0.4, 0.5) is 5.69 Å². The molecule has 2 aromatic rings. The summed E-state index contributed by atoms with van der Waals surface area (Å²) in [6.07, 6.45) is 0. The van der Waals surface area contributed by atoms with E-state index in [9.17, 15) is 9.90 Å². The molecule has 0 atom stereocenters. The van der Waals surface area contributed by atoms with E-state index < -0.39 is 0 Å². The number of carbonyl (C=O) groups excluding carboxylic acids is 1. The second-order valence-corrected chi connectivity index (χ2v) is 4.71. The molecule has 0 aliphatic carbocycles. The number of para-hydroxylation sites is 1. The van der Waals surface area contributed by atoms with Crippen LogP contribution in [-0.2, 0) is 0 Å². The minimum Gasteiger partial charge on any atom is -0.508 e. The molecule has 0 radical (unpaired) electrons. The van der Waals surface area contributed by atoms with Crippen molar-refractivity contribution in [3.63, 3.8) is 0 Å². The number of fused-ring (bicyclic) bond motifs is 1. The highest BCUT2D eigenvalue weighted by Crippen LogP contribution is 2.34. The van der Waals surface area contributed by atoms with Gasteiger partial charge in [-0.1, -0.05) is 6.07 Å². The van der Waals surface area contributed by atoms with Gasteiger partial charge < -0.3 is 19.5 Å². The van der Waals surface area contributed by atoms with Crippen LogP contribution in [0.1, 0.15) is 10.4 Å². The molecule has 0 bridgehead atoms. The number of ether oxygens (including phenoxy) is 2. The molecule has 5 nitrogen and oxygen atoms in total. The minimum absolute atomic E-state index is 0.161. The highest BCUT2D eigenvalue weighted by Gasteiger charge is 2.23. The first-order valence-electron chi connectivity index (χ1n) is 6.62. The smallest absolute Gasteiger partial charge is 0.261 e. The first kappa shape index (κ1) is 13.3. The van der Waals surface area contributed by atoms with Crippen LogP contribution in [0.15, 0.2) is 42.5 Å². The number of carbonyl (C=O) groups is 1. The number of anilines is 1. The zero-order chi connectivity index (χ0) is 14.8. The molecular weight excluding hydrogens is 270 g/mol. The second kappa shape index (κ2) is 5.36. The van der Waals surface area contributed by atoms with Crippen molar-refractivity contribution in [3.8, 4) is 17.2 Å². The van der Waals surface area contributed by atoms with Crippen molar-refractivity contribution in [3.05, 3.63) is 48.0 Å². The second-order valence-electron chi connectivity index (χ2n) is 4.71. The Morgan fingerprint density at radius 2 is 1.81 bits per heavy atom. The molecule has 1 amide bonds. The average Bonchev–Trinajstić information content (AvgIpc) is 2.53. The van der Waals surface area contributed by atoms with Crippen molar-refractivity contribution >= 4 is 11.6 Å². The fourth-order valence-electron chi connectivity index (χ4n) is 2.22. The Balaban J connectivity index is 1.93. The zero-order valence-electron chi connectivity index (χ0n) is 11.6. The maximum atomic E-state index is 12.6. The molecule has 1 aliphatic heterocycles. The van der Waals surface area contributed by atoms with Gasteiger partial charge in [-0.25, -0.2) is 0 Å². The van der Waals surface area contributed by atoms with Crippen LogP contribution in [0.2, 0.25) is 0 Å². The summed E-state index contributed by atoms with van der Waals surface area (Å²) in [5.74, 6) is 1.04. The largest absolute Gasteiger partial charge is 0.508 e. The molecule has 0 saturated carbocycles. The number of rotatable bonds is 2. The lowest BCUT2D eigenvalue weighted by molar-refractivity contribution is 0.0982. The summed E-state index contributed by atoms with van der Waals surface area (Å²) >= 11 is 0. The quantitative estimate of drug-likeness (QED) is 0.920. The van der Waals surface area contributed by atoms with E-state index in [4.69, 9.17) is 9.47 Å². The van der Waals surface area contributed by atoms with Gasteiger partial charge in [0.1, 0.15) is 19.0 Å². The van der Waals surface area contributed by atoms with Gasteiger partial charge in [0.25, 0.3) is 5.91 Å². The summed E-state index contributed by atoms with van der Waals surface area (Å²) < 4.78 is 11.1. The number of phenols is 1. The van der Waals surface area contributed by atoms with Crippen LogP contribution >= 0.6 is 0 Å². The molecule has 108 valence electrons. The van der Waals surface area contributed by atoms with Crippen LogP contribution < -0.4 is 14.4 Å². The third-order valence-corrected chi connectivity index (χ3v) is 3.34. The molecular formula is C16H15NO4. The molecule has 0 aromatic heterocycles. The van der Waals surface area contributed by atoms with Crippen LogP contribution in [0.3, 0.4) is 0 Å². The average molecular weight is 285 g/mol. The standard InChI is InChI=1S/C16H15NO4/c1-17(11-5-7-12(18)8-6-11)16(19)13-3-2-4-14-15(13)21-10-9-20-14/h2-8,18H,9-10H2,1H3. The fraction of sp³-hybridized carbons (Fsp3) is 0.188. The van der Waals surface area contributed by atoms with Crippen molar-refractivity contribution in [1.82, 2.24) is 0 Å². The lowest BCUT2D eigenvalue weighted by Gasteiger charge is -2.23. The summed E-state index contributed by atoms with van der Waals surface area (Å²) in [5.41, 5.74) is 1.15. The highest BCUT2D eigenvalue weighted by atomic mass is 16.6. The van der Waals surface area contributed by atoms with Gasteiger partial charge in [0.2, 0.25) is 0 Å².